The zero-order valence-electron chi connectivity index (χ0n) is 13.1. The first-order chi connectivity index (χ1) is 11.7. The molecule has 0 fully saturated rings. The van der Waals surface area contributed by atoms with Gasteiger partial charge < -0.3 is 14.8 Å². The Morgan fingerprint density at radius 2 is 2.00 bits per heavy atom. The summed E-state index contributed by atoms with van der Waals surface area (Å²) in [5.41, 5.74) is 2.03. The largest absolute Gasteiger partial charge is 0.493 e. The third kappa shape index (κ3) is 2.94. The summed E-state index contributed by atoms with van der Waals surface area (Å²) in [6.07, 6.45) is 1.42. The van der Waals surface area contributed by atoms with E-state index in [2.05, 4.69) is 5.32 Å². The van der Waals surface area contributed by atoms with Gasteiger partial charge in [0.05, 0.1) is 18.6 Å². The van der Waals surface area contributed by atoms with E-state index in [4.69, 9.17) is 21.1 Å². The van der Waals surface area contributed by atoms with Crippen molar-refractivity contribution in [2.24, 2.45) is 5.92 Å². The fourth-order valence-corrected chi connectivity index (χ4v) is 3.51. The number of nitrogens with one attached hydrogen (secondary N) is 1. The van der Waals surface area contributed by atoms with E-state index in [1.807, 2.05) is 36.4 Å². The number of benzene rings is 2. The minimum absolute atomic E-state index is 0.0109. The fourth-order valence-electron chi connectivity index (χ4n) is 3.31. The second-order valence-corrected chi connectivity index (χ2v) is 6.64. The molecule has 1 amide bonds. The molecule has 4 nitrogen and oxygen atoms in total. The van der Waals surface area contributed by atoms with Crippen molar-refractivity contribution in [2.45, 2.75) is 18.9 Å². The first-order valence-corrected chi connectivity index (χ1v) is 8.52. The van der Waals surface area contributed by atoms with Crippen LogP contribution in [0.5, 0.6) is 11.5 Å². The maximum atomic E-state index is 12.7. The van der Waals surface area contributed by atoms with Gasteiger partial charge in [-0.3, -0.25) is 4.79 Å². The van der Waals surface area contributed by atoms with Crippen LogP contribution in [0.4, 0.5) is 0 Å². The summed E-state index contributed by atoms with van der Waals surface area (Å²) >= 11 is 6.05. The molecule has 2 aromatic carbocycles. The number of rotatable bonds is 2. The third-order valence-electron chi connectivity index (χ3n) is 4.57. The molecule has 24 heavy (non-hydrogen) atoms. The standard InChI is InChI=1S/C19H18ClNO3/c20-14-5-6-17-12(10-14)9-13(11-24-17)19(22)21-16-7-8-23-18-4-2-1-3-15(16)18/h1-6,10,13,16H,7-9,11H2,(H,21,22)/t13-,16-/m1/s1. The van der Waals surface area contributed by atoms with E-state index in [1.54, 1.807) is 6.07 Å². The molecule has 0 unspecified atom stereocenters. The minimum Gasteiger partial charge on any atom is -0.493 e. The van der Waals surface area contributed by atoms with Crippen molar-refractivity contribution in [3.05, 3.63) is 58.6 Å². The van der Waals surface area contributed by atoms with Gasteiger partial charge in [-0.05, 0) is 36.2 Å². The number of carbonyl (C=O) groups is 1. The summed E-state index contributed by atoms with van der Waals surface area (Å²) in [5, 5.41) is 3.82. The van der Waals surface area contributed by atoms with Gasteiger partial charge in [-0.2, -0.15) is 0 Å². The molecule has 0 saturated heterocycles. The molecule has 2 aliphatic rings. The first-order valence-electron chi connectivity index (χ1n) is 8.14. The van der Waals surface area contributed by atoms with Gasteiger partial charge in [0.25, 0.3) is 0 Å². The average molecular weight is 344 g/mol. The van der Waals surface area contributed by atoms with Crippen molar-refractivity contribution < 1.29 is 14.3 Å². The van der Waals surface area contributed by atoms with Gasteiger partial charge in [-0.1, -0.05) is 29.8 Å². The van der Waals surface area contributed by atoms with E-state index < -0.39 is 0 Å². The number of amides is 1. The second kappa shape index (κ2) is 6.36. The number of para-hydroxylation sites is 1. The summed E-state index contributed by atoms with van der Waals surface area (Å²) < 4.78 is 11.4. The molecule has 4 rings (SSSR count). The van der Waals surface area contributed by atoms with E-state index in [0.29, 0.717) is 24.7 Å². The summed E-state index contributed by atoms with van der Waals surface area (Å²) in [5.74, 6) is 1.49. The highest BCUT2D eigenvalue weighted by Gasteiger charge is 2.29. The molecule has 2 atom stereocenters. The normalized spacial score (nSPS) is 21.7. The molecule has 2 aliphatic heterocycles. The predicted octanol–water partition coefficient (Wildman–Crippen LogP) is 3.53. The van der Waals surface area contributed by atoms with Crippen molar-refractivity contribution in [1.82, 2.24) is 5.32 Å². The van der Waals surface area contributed by atoms with Crippen LogP contribution in [-0.4, -0.2) is 19.1 Å². The molecular weight excluding hydrogens is 326 g/mol. The third-order valence-corrected chi connectivity index (χ3v) is 4.81. The lowest BCUT2D eigenvalue weighted by molar-refractivity contribution is -0.127. The van der Waals surface area contributed by atoms with E-state index in [1.165, 1.54) is 0 Å². The maximum Gasteiger partial charge on any atom is 0.227 e. The zero-order chi connectivity index (χ0) is 16.5. The van der Waals surface area contributed by atoms with Crippen LogP contribution < -0.4 is 14.8 Å². The molecule has 0 bridgehead atoms. The van der Waals surface area contributed by atoms with Crippen molar-refractivity contribution in [1.29, 1.82) is 0 Å². The Morgan fingerprint density at radius 3 is 2.92 bits per heavy atom. The van der Waals surface area contributed by atoms with E-state index in [-0.39, 0.29) is 17.9 Å². The Labute approximate surface area is 145 Å². The molecule has 5 heteroatoms. The number of hydrogen-bond donors (Lipinski definition) is 1. The van der Waals surface area contributed by atoms with E-state index in [9.17, 15) is 4.79 Å². The lowest BCUT2D eigenvalue weighted by Crippen LogP contribution is -2.40. The van der Waals surface area contributed by atoms with Crippen LogP contribution in [0.15, 0.2) is 42.5 Å². The van der Waals surface area contributed by atoms with Crippen LogP contribution >= 0.6 is 11.6 Å². The van der Waals surface area contributed by atoms with Gasteiger partial charge in [-0.25, -0.2) is 0 Å². The summed E-state index contributed by atoms with van der Waals surface area (Å²) in [6, 6.07) is 13.4. The van der Waals surface area contributed by atoms with Crippen molar-refractivity contribution >= 4 is 17.5 Å². The van der Waals surface area contributed by atoms with Crippen LogP contribution in [0, 0.1) is 5.92 Å². The van der Waals surface area contributed by atoms with E-state index in [0.717, 1.165) is 29.0 Å². The van der Waals surface area contributed by atoms with Crippen LogP contribution in [-0.2, 0) is 11.2 Å². The van der Waals surface area contributed by atoms with Crippen molar-refractivity contribution in [3.63, 3.8) is 0 Å². The molecule has 0 aliphatic carbocycles. The number of carbonyl (C=O) groups excluding carboxylic acids is 1. The Morgan fingerprint density at radius 1 is 1.12 bits per heavy atom. The molecule has 0 saturated carbocycles. The average Bonchev–Trinajstić information content (AvgIpc) is 2.61. The highest BCUT2D eigenvalue weighted by molar-refractivity contribution is 6.30. The molecule has 0 aromatic heterocycles. The van der Waals surface area contributed by atoms with Gasteiger partial charge in [-0.15, -0.1) is 0 Å². The van der Waals surface area contributed by atoms with Crippen molar-refractivity contribution in [3.8, 4) is 11.5 Å². The SMILES string of the molecule is O=C(N[C@@H]1CCOc2ccccc21)[C@H]1COc2ccc(Cl)cc2C1. The second-order valence-electron chi connectivity index (χ2n) is 6.20. The summed E-state index contributed by atoms with van der Waals surface area (Å²) in [6.45, 7) is 1.01. The topological polar surface area (TPSA) is 47.6 Å². The monoisotopic (exact) mass is 343 g/mol. The quantitative estimate of drug-likeness (QED) is 0.907. The smallest absolute Gasteiger partial charge is 0.227 e. The maximum absolute atomic E-state index is 12.7. The van der Waals surface area contributed by atoms with Gasteiger partial charge in [0.1, 0.15) is 18.1 Å². The Hall–Kier alpha value is -2.20. The minimum atomic E-state index is -0.203. The summed E-state index contributed by atoms with van der Waals surface area (Å²) in [7, 11) is 0. The molecule has 1 N–H and O–H groups in total. The molecule has 2 aromatic rings. The molecular formula is C19H18ClNO3. The van der Waals surface area contributed by atoms with Crippen LogP contribution in [0.2, 0.25) is 5.02 Å². The van der Waals surface area contributed by atoms with Crippen molar-refractivity contribution in [2.75, 3.05) is 13.2 Å². The van der Waals surface area contributed by atoms with Gasteiger partial charge in [0, 0.05) is 17.0 Å². The predicted molar refractivity (Wildman–Crippen MR) is 91.6 cm³/mol. The number of hydrogen-bond acceptors (Lipinski definition) is 3. The van der Waals surface area contributed by atoms with Gasteiger partial charge in [0.2, 0.25) is 5.91 Å². The Kier molecular flexibility index (Phi) is 4.07. The number of ether oxygens (including phenoxy) is 2. The highest BCUT2D eigenvalue weighted by Crippen LogP contribution is 2.33. The zero-order valence-corrected chi connectivity index (χ0v) is 13.9. The van der Waals surface area contributed by atoms with Gasteiger partial charge >= 0.3 is 0 Å². The van der Waals surface area contributed by atoms with Gasteiger partial charge in [0.15, 0.2) is 0 Å². The van der Waals surface area contributed by atoms with Crippen LogP contribution in [0.3, 0.4) is 0 Å². The fraction of sp³-hybridized carbons (Fsp3) is 0.316. The first kappa shape index (κ1) is 15.3. The van der Waals surface area contributed by atoms with Crippen LogP contribution in [0.25, 0.3) is 0 Å². The number of halogens is 1. The molecule has 124 valence electrons. The number of fused-ring (bicyclic) bond motifs is 2. The lowest BCUT2D eigenvalue weighted by Gasteiger charge is -2.30. The lowest BCUT2D eigenvalue weighted by atomic mass is 9.94. The molecule has 2 heterocycles. The Bertz CT molecular complexity index is 777. The summed E-state index contributed by atoms with van der Waals surface area (Å²) in [4.78, 5) is 12.7. The molecule has 0 spiro atoms. The Balaban J connectivity index is 1.48. The molecule has 0 radical (unpaired) electrons. The van der Waals surface area contributed by atoms with E-state index >= 15 is 0 Å². The highest BCUT2D eigenvalue weighted by atomic mass is 35.5. The van der Waals surface area contributed by atoms with Crippen LogP contribution in [0.1, 0.15) is 23.6 Å².